The number of aromatic nitrogens is 3. The van der Waals surface area contributed by atoms with Gasteiger partial charge in [0.1, 0.15) is 16.5 Å². The number of aryl methyl sites for hydroxylation is 1. The highest BCUT2D eigenvalue weighted by Gasteiger charge is 2.28. The van der Waals surface area contributed by atoms with Crippen molar-refractivity contribution in [1.82, 2.24) is 9.97 Å². The summed E-state index contributed by atoms with van der Waals surface area (Å²) in [7, 11) is 0. The molecule has 0 radical (unpaired) electrons. The molecule has 0 bridgehead atoms. The van der Waals surface area contributed by atoms with Gasteiger partial charge in [0.25, 0.3) is 0 Å². The SMILES string of the molecule is Cc1ccc2c(c1)c([C-](O)c1c[s+][c-](-c3cccnc3)n1)[c-](C)[n+]2C(=O)OC(C)(C)C. The van der Waals surface area contributed by atoms with Crippen molar-refractivity contribution in [3.05, 3.63) is 76.7 Å². The van der Waals surface area contributed by atoms with Crippen molar-refractivity contribution < 1.29 is 19.2 Å². The quantitative estimate of drug-likeness (QED) is 0.277. The monoisotopic (exact) mass is 434 g/mol. The van der Waals surface area contributed by atoms with Crippen molar-refractivity contribution in [2.75, 3.05) is 0 Å². The highest BCUT2D eigenvalue weighted by Crippen LogP contribution is 2.33. The van der Waals surface area contributed by atoms with E-state index in [0.29, 0.717) is 22.5 Å². The Bertz CT molecular complexity index is 1250. The molecule has 0 fully saturated rings. The maximum Gasteiger partial charge on any atom is 0.584 e. The lowest BCUT2D eigenvalue weighted by molar-refractivity contribution is -0.565. The smallest absolute Gasteiger partial charge is 0.457 e. The highest BCUT2D eigenvalue weighted by atomic mass is 32.1. The van der Waals surface area contributed by atoms with Gasteiger partial charge in [-0.2, -0.15) is 14.9 Å². The molecule has 3 aromatic heterocycles. The van der Waals surface area contributed by atoms with Crippen LogP contribution in [0.1, 0.15) is 43.3 Å². The molecule has 0 amide bonds. The largest absolute Gasteiger partial charge is 0.584 e. The normalized spacial score (nSPS) is 11.7. The first-order valence-electron chi connectivity index (χ1n) is 9.93. The topological polar surface area (TPSA) is 76.2 Å². The molecule has 0 aliphatic rings. The Balaban J connectivity index is 1.82. The molecule has 4 rings (SSSR count). The van der Waals surface area contributed by atoms with Gasteiger partial charge in [0.2, 0.25) is 5.01 Å². The van der Waals surface area contributed by atoms with Crippen LogP contribution in [0.3, 0.4) is 0 Å². The summed E-state index contributed by atoms with van der Waals surface area (Å²) in [5, 5.41) is 14.6. The minimum Gasteiger partial charge on any atom is -0.457 e. The molecule has 1 N–H and O–H groups in total. The molecule has 0 unspecified atom stereocenters. The van der Waals surface area contributed by atoms with Gasteiger partial charge in [0.15, 0.2) is 11.3 Å². The summed E-state index contributed by atoms with van der Waals surface area (Å²) >= 11 is 1.43. The van der Waals surface area contributed by atoms with Gasteiger partial charge in [0, 0.05) is 11.9 Å². The summed E-state index contributed by atoms with van der Waals surface area (Å²) < 4.78 is 7.13. The van der Waals surface area contributed by atoms with E-state index in [2.05, 4.69) is 9.97 Å². The number of aliphatic hydroxyl groups is 1. The number of fused-ring (bicyclic) bond motifs is 1. The Kier molecular flexibility index (Phi) is 5.33. The summed E-state index contributed by atoms with van der Waals surface area (Å²) in [6.07, 6.45) is 3.00. The van der Waals surface area contributed by atoms with Crippen molar-refractivity contribution in [2.24, 2.45) is 0 Å². The minimum absolute atomic E-state index is 0.0294. The standard InChI is InChI=1S/C24H24N3O3S/c1-14-8-9-19-17(11-14)20(15(2)27(19)23(29)30-24(3,4)5)21(28)18-13-31-22(26-18)16-7-6-10-25-12-16/h6-13,28H,1-5H3/q-1. The van der Waals surface area contributed by atoms with Crippen molar-refractivity contribution >= 4 is 28.3 Å². The molecular formula is C24H24N3O3S-. The Morgan fingerprint density at radius 2 is 2.06 bits per heavy atom. The molecule has 0 saturated carbocycles. The molecule has 3 heterocycles. The summed E-state index contributed by atoms with van der Waals surface area (Å²) in [6.45, 7) is 9.27. The first-order valence-corrected chi connectivity index (χ1v) is 10.8. The third kappa shape index (κ3) is 4.06. The van der Waals surface area contributed by atoms with Crippen LogP contribution in [0, 0.1) is 20.0 Å². The molecule has 0 saturated heterocycles. The van der Waals surface area contributed by atoms with E-state index in [9.17, 15) is 9.90 Å². The summed E-state index contributed by atoms with van der Waals surface area (Å²) in [4.78, 5) is 21.7. The zero-order chi connectivity index (χ0) is 22.3. The van der Waals surface area contributed by atoms with Gasteiger partial charge in [-0.1, -0.05) is 23.8 Å². The number of aliphatic hydroxyl groups excluding tert-OH is 1. The van der Waals surface area contributed by atoms with Crippen LogP contribution < -0.4 is 4.57 Å². The van der Waals surface area contributed by atoms with Crippen molar-refractivity contribution in [2.45, 2.75) is 40.2 Å². The maximum absolute atomic E-state index is 13.0. The molecule has 0 aliphatic heterocycles. The van der Waals surface area contributed by atoms with E-state index < -0.39 is 11.7 Å². The zero-order valence-corrected chi connectivity index (χ0v) is 18.9. The average molecular weight is 435 g/mol. The zero-order valence-electron chi connectivity index (χ0n) is 18.1. The lowest BCUT2D eigenvalue weighted by Gasteiger charge is -2.22. The van der Waals surface area contributed by atoms with Gasteiger partial charge in [-0.25, -0.2) is 0 Å². The van der Waals surface area contributed by atoms with Crippen LogP contribution in [-0.4, -0.2) is 26.8 Å². The van der Waals surface area contributed by atoms with E-state index >= 15 is 0 Å². The van der Waals surface area contributed by atoms with Crippen LogP contribution in [0.4, 0.5) is 4.79 Å². The second-order valence-electron chi connectivity index (χ2n) is 8.42. The minimum atomic E-state index is -0.635. The van der Waals surface area contributed by atoms with Gasteiger partial charge < -0.3 is 14.8 Å². The van der Waals surface area contributed by atoms with Crippen molar-refractivity contribution in [1.29, 1.82) is 0 Å². The van der Waals surface area contributed by atoms with Gasteiger partial charge in [0.05, 0.1) is 0 Å². The first kappa shape index (κ1) is 21.1. The molecule has 4 aromatic rings. The van der Waals surface area contributed by atoms with Gasteiger partial charge >= 0.3 is 6.09 Å². The lowest BCUT2D eigenvalue weighted by Crippen LogP contribution is -2.48. The number of carbonyl (C=O) groups excluding carboxylic acids is 1. The second kappa shape index (κ2) is 7.83. The Morgan fingerprint density at radius 1 is 1.29 bits per heavy atom. The average Bonchev–Trinajstić information content (AvgIpc) is 3.29. The van der Waals surface area contributed by atoms with Gasteiger partial charge in [-0.05, 0) is 58.1 Å². The van der Waals surface area contributed by atoms with E-state index in [1.807, 2.05) is 63.4 Å². The number of hydrogen-bond acceptors (Lipinski definition) is 5. The second-order valence-corrected chi connectivity index (χ2v) is 9.28. The van der Waals surface area contributed by atoms with E-state index in [0.717, 1.165) is 21.5 Å². The molecule has 1 aromatic carbocycles. The molecular weight excluding hydrogens is 410 g/mol. The number of rotatable bonds is 3. The molecule has 160 valence electrons. The number of nitrogens with zero attached hydrogens (tertiary/aromatic N) is 3. The third-order valence-corrected chi connectivity index (χ3v) is 5.72. The van der Waals surface area contributed by atoms with E-state index in [4.69, 9.17) is 4.74 Å². The predicted octanol–water partition coefficient (Wildman–Crippen LogP) is 5.07. The summed E-state index contributed by atoms with van der Waals surface area (Å²) in [6, 6.07) is 9.55. The number of hydrogen-bond donors (Lipinski definition) is 1. The van der Waals surface area contributed by atoms with E-state index in [1.165, 1.54) is 15.9 Å². The van der Waals surface area contributed by atoms with Gasteiger partial charge in [-0.3, -0.25) is 4.98 Å². The number of carbonyl (C=O) groups is 1. The maximum atomic E-state index is 13.0. The molecule has 6 nitrogen and oxygen atoms in total. The molecule has 0 spiro atoms. The Morgan fingerprint density at radius 3 is 2.74 bits per heavy atom. The van der Waals surface area contributed by atoms with Crippen LogP contribution >= 0.6 is 11.3 Å². The van der Waals surface area contributed by atoms with Crippen LogP contribution in [0.2, 0.25) is 0 Å². The molecule has 31 heavy (non-hydrogen) atoms. The predicted molar refractivity (Wildman–Crippen MR) is 120 cm³/mol. The van der Waals surface area contributed by atoms with Crippen LogP contribution in [0.15, 0.2) is 48.1 Å². The highest BCUT2D eigenvalue weighted by molar-refractivity contribution is 7.13. The number of thiazole rings is 1. The fraction of sp³-hybridized carbons (Fsp3) is 0.250. The molecule has 0 atom stereocenters. The fourth-order valence-corrected chi connectivity index (χ4v) is 4.30. The van der Waals surface area contributed by atoms with Crippen molar-refractivity contribution in [3.63, 3.8) is 0 Å². The van der Waals surface area contributed by atoms with Crippen LogP contribution in [0.25, 0.3) is 21.5 Å². The number of ether oxygens (including phenoxy) is 1. The first-order chi connectivity index (χ1) is 14.7. The number of benzene rings is 1. The fourth-order valence-electron chi connectivity index (χ4n) is 3.51. The van der Waals surface area contributed by atoms with Gasteiger partial charge in [-0.15, -0.1) is 17.5 Å². The summed E-state index contributed by atoms with van der Waals surface area (Å²) in [5.41, 5.74) is 3.59. The van der Waals surface area contributed by atoms with Crippen LogP contribution in [0.5, 0.6) is 0 Å². The van der Waals surface area contributed by atoms with Crippen LogP contribution in [-0.2, 0) is 4.74 Å². The molecule has 0 aliphatic carbocycles. The Labute approximate surface area is 185 Å². The van der Waals surface area contributed by atoms with E-state index in [1.54, 1.807) is 19.3 Å². The van der Waals surface area contributed by atoms with E-state index in [-0.39, 0.29) is 6.10 Å². The number of pyridine rings is 1. The van der Waals surface area contributed by atoms with Crippen molar-refractivity contribution in [3.8, 4) is 10.6 Å². The molecule has 7 heteroatoms. The summed E-state index contributed by atoms with van der Waals surface area (Å²) in [5.74, 6) is 0. The Hall–Kier alpha value is -3.16. The lowest BCUT2D eigenvalue weighted by atomic mass is 10.0. The third-order valence-electron chi connectivity index (χ3n) is 4.83.